The second-order valence-electron chi connectivity index (χ2n) is 5.31. The number of anilines is 1. The summed E-state index contributed by atoms with van der Waals surface area (Å²) in [5.74, 6) is 1.84. The van der Waals surface area contributed by atoms with Crippen LogP contribution in [0.1, 0.15) is 11.5 Å². The van der Waals surface area contributed by atoms with Gasteiger partial charge in [-0.15, -0.1) is 0 Å². The summed E-state index contributed by atoms with van der Waals surface area (Å²) >= 11 is 0. The third kappa shape index (κ3) is 4.03. The number of carbonyl (C=O) groups excluding carboxylic acids is 1. The number of rotatable bonds is 4. The minimum Gasteiger partial charge on any atom is -0.486 e. The molecule has 1 aliphatic heterocycles. The van der Waals surface area contributed by atoms with Crippen molar-refractivity contribution >= 4 is 11.7 Å². The van der Waals surface area contributed by atoms with Crippen molar-refractivity contribution in [1.29, 1.82) is 0 Å². The van der Waals surface area contributed by atoms with Crippen molar-refractivity contribution in [1.82, 2.24) is 15.3 Å². The van der Waals surface area contributed by atoms with E-state index in [1.54, 1.807) is 25.1 Å². The molecule has 1 aliphatic rings. The van der Waals surface area contributed by atoms with E-state index in [0.29, 0.717) is 54.9 Å². The first-order valence-electron chi connectivity index (χ1n) is 7.61. The van der Waals surface area contributed by atoms with Crippen LogP contribution in [0.5, 0.6) is 11.5 Å². The molecule has 0 atom stereocenters. The van der Waals surface area contributed by atoms with Crippen molar-refractivity contribution < 1.29 is 14.3 Å². The van der Waals surface area contributed by atoms with Gasteiger partial charge in [0.25, 0.3) is 5.56 Å². The highest BCUT2D eigenvalue weighted by Crippen LogP contribution is 2.32. The number of aryl methyl sites for hydroxylation is 1. The van der Waals surface area contributed by atoms with E-state index in [9.17, 15) is 9.59 Å². The van der Waals surface area contributed by atoms with Gasteiger partial charge in [-0.3, -0.25) is 4.79 Å². The molecule has 0 spiro atoms. The number of aromatic amines is 1. The highest BCUT2D eigenvalue weighted by molar-refractivity contribution is 5.89. The third-order valence-electron chi connectivity index (χ3n) is 3.38. The van der Waals surface area contributed by atoms with Crippen molar-refractivity contribution in [3.05, 3.63) is 46.1 Å². The van der Waals surface area contributed by atoms with E-state index in [0.717, 1.165) is 0 Å². The standard InChI is InChI=1S/C16H18N4O4/c1-10-18-12(9-15(21)19-10)4-5-17-16(22)20-11-2-3-13-14(8-11)24-7-6-23-13/h2-3,8-9H,4-7H2,1H3,(H2,17,20,22)(H,18,19,21). The number of amides is 2. The van der Waals surface area contributed by atoms with Crippen LogP contribution in [0.3, 0.4) is 0 Å². The molecule has 3 N–H and O–H groups in total. The van der Waals surface area contributed by atoms with Gasteiger partial charge >= 0.3 is 6.03 Å². The molecule has 0 saturated heterocycles. The first kappa shape index (κ1) is 15.9. The Kier molecular flexibility index (Phi) is 4.64. The summed E-state index contributed by atoms with van der Waals surface area (Å²) in [5, 5.41) is 5.45. The predicted octanol–water partition coefficient (Wildman–Crippen LogP) is 1.21. The molecule has 3 rings (SSSR count). The molecule has 0 radical (unpaired) electrons. The Morgan fingerprint density at radius 3 is 2.83 bits per heavy atom. The molecule has 0 fully saturated rings. The fraction of sp³-hybridized carbons (Fsp3) is 0.312. The number of hydrogen-bond acceptors (Lipinski definition) is 5. The smallest absolute Gasteiger partial charge is 0.319 e. The molecule has 2 aromatic rings. The van der Waals surface area contributed by atoms with Crippen LogP contribution in [0.25, 0.3) is 0 Å². The zero-order chi connectivity index (χ0) is 16.9. The van der Waals surface area contributed by atoms with Crippen molar-refractivity contribution in [3.8, 4) is 11.5 Å². The fourth-order valence-electron chi connectivity index (χ4n) is 2.37. The van der Waals surface area contributed by atoms with Crippen LogP contribution in [-0.2, 0) is 6.42 Å². The van der Waals surface area contributed by atoms with E-state index in [2.05, 4.69) is 20.6 Å². The maximum atomic E-state index is 11.9. The lowest BCUT2D eigenvalue weighted by Gasteiger charge is -2.19. The molecule has 24 heavy (non-hydrogen) atoms. The molecular weight excluding hydrogens is 312 g/mol. The number of ether oxygens (including phenoxy) is 2. The van der Waals surface area contributed by atoms with Gasteiger partial charge in [-0.25, -0.2) is 9.78 Å². The number of hydrogen-bond donors (Lipinski definition) is 3. The summed E-state index contributed by atoms with van der Waals surface area (Å²) in [7, 11) is 0. The van der Waals surface area contributed by atoms with Crippen LogP contribution in [-0.4, -0.2) is 35.8 Å². The molecule has 2 heterocycles. The molecule has 0 bridgehead atoms. The Morgan fingerprint density at radius 1 is 1.25 bits per heavy atom. The van der Waals surface area contributed by atoms with Gasteiger partial charge in [-0.05, 0) is 19.1 Å². The monoisotopic (exact) mass is 330 g/mol. The van der Waals surface area contributed by atoms with E-state index >= 15 is 0 Å². The fourth-order valence-corrected chi connectivity index (χ4v) is 2.37. The summed E-state index contributed by atoms with van der Waals surface area (Å²) in [6.45, 7) is 3.10. The zero-order valence-corrected chi connectivity index (χ0v) is 13.2. The van der Waals surface area contributed by atoms with E-state index < -0.39 is 0 Å². The van der Waals surface area contributed by atoms with Gasteiger partial charge in [0.2, 0.25) is 0 Å². The first-order valence-corrected chi connectivity index (χ1v) is 7.61. The van der Waals surface area contributed by atoms with Gasteiger partial charge in [0, 0.05) is 36.5 Å². The van der Waals surface area contributed by atoms with Crippen LogP contribution in [0, 0.1) is 6.92 Å². The minimum absolute atomic E-state index is 0.196. The second-order valence-corrected chi connectivity index (χ2v) is 5.31. The molecular formula is C16H18N4O4. The summed E-state index contributed by atoms with van der Waals surface area (Å²) in [5.41, 5.74) is 1.05. The van der Waals surface area contributed by atoms with Crippen LogP contribution in [0.4, 0.5) is 10.5 Å². The van der Waals surface area contributed by atoms with Gasteiger partial charge in [0.1, 0.15) is 19.0 Å². The summed E-state index contributed by atoms with van der Waals surface area (Å²) in [6.07, 6.45) is 0.472. The summed E-state index contributed by atoms with van der Waals surface area (Å²) in [4.78, 5) is 30.1. The number of aromatic nitrogens is 2. The normalized spacial score (nSPS) is 12.5. The number of H-pyrrole nitrogens is 1. The third-order valence-corrected chi connectivity index (χ3v) is 3.38. The molecule has 0 saturated carbocycles. The molecule has 1 aromatic heterocycles. The van der Waals surface area contributed by atoms with Gasteiger partial charge in [-0.1, -0.05) is 0 Å². The Balaban J connectivity index is 1.51. The van der Waals surface area contributed by atoms with Crippen LogP contribution in [0.15, 0.2) is 29.1 Å². The van der Waals surface area contributed by atoms with Crippen LogP contribution < -0.4 is 25.7 Å². The van der Waals surface area contributed by atoms with Crippen LogP contribution in [0.2, 0.25) is 0 Å². The van der Waals surface area contributed by atoms with E-state index in [1.807, 2.05) is 0 Å². The highest BCUT2D eigenvalue weighted by atomic mass is 16.6. The molecule has 2 amide bonds. The van der Waals surface area contributed by atoms with E-state index in [4.69, 9.17) is 9.47 Å². The van der Waals surface area contributed by atoms with E-state index in [-0.39, 0.29) is 11.6 Å². The Morgan fingerprint density at radius 2 is 2.04 bits per heavy atom. The molecule has 0 unspecified atom stereocenters. The molecule has 0 aliphatic carbocycles. The lowest BCUT2D eigenvalue weighted by molar-refractivity contribution is 0.171. The lowest BCUT2D eigenvalue weighted by atomic mass is 10.2. The highest BCUT2D eigenvalue weighted by Gasteiger charge is 2.12. The molecule has 8 nitrogen and oxygen atoms in total. The predicted molar refractivity (Wildman–Crippen MR) is 87.8 cm³/mol. The quantitative estimate of drug-likeness (QED) is 0.781. The lowest BCUT2D eigenvalue weighted by Crippen LogP contribution is -2.31. The number of urea groups is 1. The minimum atomic E-state index is -0.340. The number of carbonyl (C=O) groups is 1. The Bertz CT molecular complexity index is 803. The second kappa shape index (κ2) is 7.03. The van der Waals surface area contributed by atoms with Crippen molar-refractivity contribution in [2.75, 3.05) is 25.1 Å². The Hall–Kier alpha value is -3.03. The van der Waals surface area contributed by atoms with Gasteiger partial charge in [0.05, 0.1) is 0 Å². The maximum Gasteiger partial charge on any atom is 0.319 e. The molecule has 126 valence electrons. The summed E-state index contributed by atoms with van der Waals surface area (Å²) in [6, 6.07) is 6.30. The zero-order valence-electron chi connectivity index (χ0n) is 13.2. The average molecular weight is 330 g/mol. The SMILES string of the molecule is Cc1nc(CCNC(=O)Nc2ccc3c(c2)OCCO3)cc(=O)[nH]1. The Labute approximate surface area is 138 Å². The average Bonchev–Trinajstić information content (AvgIpc) is 2.54. The molecule has 8 heteroatoms. The maximum absolute atomic E-state index is 11.9. The topological polar surface area (TPSA) is 105 Å². The summed E-state index contributed by atoms with van der Waals surface area (Å²) < 4.78 is 10.9. The number of benzene rings is 1. The number of nitrogens with one attached hydrogen (secondary N) is 3. The number of nitrogens with zero attached hydrogens (tertiary/aromatic N) is 1. The van der Waals surface area contributed by atoms with Crippen LogP contribution >= 0.6 is 0 Å². The van der Waals surface area contributed by atoms with Crippen molar-refractivity contribution in [2.45, 2.75) is 13.3 Å². The van der Waals surface area contributed by atoms with Gasteiger partial charge < -0.3 is 25.1 Å². The van der Waals surface area contributed by atoms with Gasteiger partial charge in [0.15, 0.2) is 11.5 Å². The molecule has 1 aromatic carbocycles. The first-order chi connectivity index (χ1) is 11.6. The number of fused-ring (bicyclic) bond motifs is 1. The van der Waals surface area contributed by atoms with Crippen molar-refractivity contribution in [3.63, 3.8) is 0 Å². The van der Waals surface area contributed by atoms with Crippen molar-refractivity contribution in [2.24, 2.45) is 0 Å². The van der Waals surface area contributed by atoms with E-state index in [1.165, 1.54) is 6.07 Å². The van der Waals surface area contributed by atoms with Gasteiger partial charge in [-0.2, -0.15) is 0 Å². The largest absolute Gasteiger partial charge is 0.486 e.